The van der Waals surface area contributed by atoms with Crippen LogP contribution in [0.25, 0.3) is 21.5 Å². The number of aromatic nitrogens is 2. The molecule has 1 saturated carbocycles. The molecule has 8 nitrogen and oxygen atoms in total. The number of piperidine rings is 1. The van der Waals surface area contributed by atoms with E-state index in [4.69, 9.17) is 9.51 Å². The molecule has 2 aromatic carbocycles. The second-order valence-electron chi connectivity index (χ2n) is 10.8. The van der Waals surface area contributed by atoms with Crippen molar-refractivity contribution in [2.75, 3.05) is 4.90 Å². The van der Waals surface area contributed by atoms with E-state index in [2.05, 4.69) is 34.0 Å². The van der Waals surface area contributed by atoms with Gasteiger partial charge < -0.3 is 24.6 Å². The molecule has 2 aliphatic rings. The summed E-state index contributed by atoms with van der Waals surface area (Å²) in [4.78, 5) is 18.5. The summed E-state index contributed by atoms with van der Waals surface area (Å²) < 4.78 is 50.1. The first-order valence-corrected chi connectivity index (χ1v) is 15.4. The molecule has 12 heteroatoms. The van der Waals surface area contributed by atoms with E-state index in [1.165, 1.54) is 23.5 Å². The number of carboxylic acid groups (broad SMARTS) is 1. The monoisotopic (exact) mass is 616 g/mol. The van der Waals surface area contributed by atoms with Crippen LogP contribution in [0.2, 0.25) is 0 Å². The third-order valence-corrected chi connectivity index (χ3v) is 8.78. The smallest absolute Gasteiger partial charge is 0.478 e. The number of carboxylic acids is 1. The van der Waals surface area contributed by atoms with E-state index in [1.807, 2.05) is 13.8 Å². The first-order chi connectivity index (χ1) is 20.6. The van der Waals surface area contributed by atoms with Gasteiger partial charge in [0.05, 0.1) is 15.8 Å². The number of aromatic carboxylic acids is 1. The summed E-state index contributed by atoms with van der Waals surface area (Å²) >= 11 is 1.49. The van der Waals surface area contributed by atoms with Gasteiger partial charge in [-0.25, -0.2) is 9.78 Å². The number of para-hydroxylation sites is 1. The molecule has 0 bridgehead atoms. The van der Waals surface area contributed by atoms with E-state index in [-0.39, 0.29) is 40.9 Å². The highest BCUT2D eigenvalue weighted by Gasteiger charge is 2.37. The molecule has 3 heterocycles. The van der Waals surface area contributed by atoms with Gasteiger partial charge in [0.25, 0.3) is 0 Å². The summed E-state index contributed by atoms with van der Waals surface area (Å²) in [5.41, 5.74) is 2.40. The van der Waals surface area contributed by atoms with E-state index in [1.54, 1.807) is 30.3 Å². The summed E-state index contributed by atoms with van der Waals surface area (Å²) in [5, 5.41) is 18.0. The van der Waals surface area contributed by atoms with Gasteiger partial charge in [-0.05, 0) is 69.9 Å². The van der Waals surface area contributed by atoms with Gasteiger partial charge in [0.1, 0.15) is 17.2 Å². The molecule has 2 fully saturated rings. The Morgan fingerprint density at radius 3 is 2.49 bits per heavy atom. The fraction of sp³-hybridized carbons (Fsp3) is 0.452. The van der Waals surface area contributed by atoms with Crippen LogP contribution in [0.4, 0.5) is 18.3 Å². The third kappa shape index (κ3) is 6.80. The van der Waals surface area contributed by atoms with E-state index in [0.717, 1.165) is 52.4 Å². The van der Waals surface area contributed by atoms with Crippen LogP contribution >= 0.6 is 11.3 Å². The standard InChI is InChI=1S/C29H29F3N4O4S.C2H6/c1-15-11-19(12-16(2)36(15)28-34-22-10-9-18(27(37)38)13-24(22)41-28)33-14-21-25(35-40-26(21)17-7-8-17)20-5-3-4-6-23(20)39-29(30,31)32;1-2/h3-6,9-10,13,15-17,19,33H,7-8,11-12,14H2,1-2H3,(H,37,38);1-2H3. The molecule has 0 radical (unpaired) electrons. The van der Waals surface area contributed by atoms with Crippen molar-refractivity contribution in [3.8, 4) is 17.0 Å². The Morgan fingerprint density at radius 1 is 1.14 bits per heavy atom. The topological polar surface area (TPSA) is 101 Å². The van der Waals surface area contributed by atoms with Crippen LogP contribution < -0.4 is 15.0 Å². The quantitative estimate of drug-likeness (QED) is 0.206. The number of hydrogen-bond acceptors (Lipinski definition) is 8. The van der Waals surface area contributed by atoms with Crippen molar-refractivity contribution in [3.63, 3.8) is 0 Å². The molecule has 2 N–H and O–H groups in total. The van der Waals surface area contributed by atoms with Gasteiger partial charge in [0, 0.05) is 41.7 Å². The van der Waals surface area contributed by atoms with Gasteiger partial charge in [-0.15, -0.1) is 13.2 Å². The lowest BCUT2D eigenvalue weighted by atomic mass is 9.92. The number of rotatable bonds is 8. The van der Waals surface area contributed by atoms with Crippen molar-refractivity contribution >= 4 is 32.7 Å². The van der Waals surface area contributed by atoms with Gasteiger partial charge in [-0.3, -0.25) is 0 Å². The Labute approximate surface area is 251 Å². The minimum Gasteiger partial charge on any atom is -0.478 e. The normalized spacial score (nSPS) is 20.5. The molecule has 0 spiro atoms. The van der Waals surface area contributed by atoms with E-state index in [0.29, 0.717) is 12.2 Å². The van der Waals surface area contributed by atoms with Crippen molar-refractivity contribution in [1.29, 1.82) is 0 Å². The summed E-state index contributed by atoms with van der Waals surface area (Å²) in [5.74, 6) is -0.321. The Balaban J connectivity index is 0.00000180. The summed E-state index contributed by atoms with van der Waals surface area (Å²) in [6.07, 6.45) is -1.24. The van der Waals surface area contributed by atoms with Crippen LogP contribution in [0.5, 0.6) is 5.75 Å². The second-order valence-corrected chi connectivity index (χ2v) is 11.8. The van der Waals surface area contributed by atoms with Gasteiger partial charge >= 0.3 is 12.3 Å². The highest BCUT2D eigenvalue weighted by molar-refractivity contribution is 7.22. The van der Waals surface area contributed by atoms with Crippen molar-refractivity contribution in [2.24, 2.45) is 0 Å². The van der Waals surface area contributed by atoms with Crippen LogP contribution in [0.3, 0.4) is 0 Å². The number of thiazole rings is 1. The molecule has 1 aliphatic heterocycles. The Kier molecular flexibility index (Phi) is 8.98. The Bertz CT molecular complexity index is 1570. The Hall–Kier alpha value is -3.64. The lowest BCUT2D eigenvalue weighted by Crippen LogP contribution is -2.52. The first kappa shape index (κ1) is 30.8. The number of carbonyl (C=O) groups is 1. The summed E-state index contributed by atoms with van der Waals surface area (Å²) in [6, 6.07) is 11.4. The average molecular weight is 617 g/mol. The van der Waals surface area contributed by atoms with E-state index in [9.17, 15) is 23.1 Å². The number of ether oxygens (including phenoxy) is 1. The zero-order chi connectivity index (χ0) is 30.9. The minimum absolute atomic E-state index is 0.153. The molecule has 2 unspecified atom stereocenters. The number of anilines is 1. The molecular weight excluding hydrogens is 581 g/mol. The molecule has 2 atom stereocenters. The fourth-order valence-corrected chi connectivity index (χ4v) is 6.98. The molecular formula is C31H35F3N4O4S. The zero-order valence-corrected chi connectivity index (χ0v) is 25.3. The molecule has 2 aromatic heterocycles. The number of fused-ring (bicyclic) bond motifs is 1. The van der Waals surface area contributed by atoms with Gasteiger partial charge in [-0.1, -0.05) is 42.5 Å². The van der Waals surface area contributed by atoms with E-state index < -0.39 is 12.3 Å². The average Bonchev–Trinajstić information content (AvgIpc) is 3.58. The lowest BCUT2D eigenvalue weighted by molar-refractivity contribution is -0.274. The molecule has 6 rings (SSSR count). The van der Waals surface area contributed by atoms with Gasteiger partial charge in [0.2, 0.25) is 0 Å². The zero-order valence-electron chi connectivity index (χ0n) is 24.4. The number of halogens is 3. The number of nitrogens with one attached hydrogen (secondary N) is 1. The second kappa shape index (κ2) is 12.5. The van der Waals surface area contributed by atoms with Crippen LogP contribution in [-0.4, -0.2) is 45.7 Å². The summed E-state index contributed by atoms with van der Waals surface area (Å²) in [6.45, 7) is 8.70. The minimum atomic E-state index is -4.82. The van der Waals surface area contributed by atoms with Crippen molar-refractivity contribution in [2.45, 2.75) is 90.3 Å². The van der Waals surface area contributed by atoms with Crippen LogP contribution in [0.1, 0.15) is 81.0 Å². The number of hydrogen-bond donors (Lipinski definition) is 2. The molecule has 43 heavy (non-hydrogen) atoms. The fourth-order valence-electron chi connectivity index (χ4n) is 5.77. The SMILES string of the molecule is CC.CC1CC(NCc2c(-c3ccccc3OC(F)(F)F)noc2C2CC2)CC(C)N1c1nc2ccc(C(=O)O)cc2s1. The molecule has 230 valence electrons. The van der Waals surface area contributed by atoms with Gasteiger partial charge in [-0.2, -0.15) is 0 Å². The van der Waals surface area contributed by atoms with Crippen molar-refractivity contribution in [3.05, 3.63) is 59.4 Å². The Morgan fingerprint density at radius 2 is 1.84 bits per heavy atom. The first-order valence-electron chi connectivity index (χ1n) is 14.6. The maximum Gasteiger partial charge on any atom is 0.573 e. The predicted octanol–water partition coefficient (Wildman–Crippen LogP) is 7.99. The van der Waals surface area contributed by atoms with Crippen LogP contribution in [0.15, 0.2) is 47.0 Å². The lowest BCUT2D eigenvalue weighted by Gasteiger charge is -2.43. The largest absolute Gasteiger partial charge is 0.573 e. The molecule has 0 amide bonds. The van der Waals surface area contributed by atoms with Gasteiger partial charge in [0.15, 0.2) is 5.13 Å². The van der Waals surface area contributed by atoms with Crippen molar-refractivity contribution in [1.82, 2.24) is 15.5 Å². The maximum atomic E-state index is 13.1. The number of nitrogens with zero attached hydrogens (tertiary/aromatic N) is 3. The van der Waals surface area contributed by atoms with Crippen LogP contribution in [0, 0.1) is 0 Å². The molecule has 1 saturated heterocycles. The predicted molar refractivity (Wildman–Crippen MR) is 160 cm³/mol. The highest BCUT2D eigenvalue weighted by Crippen LogP contribution is 2.45. The number of alkyl halides is 3. The van der Waals surface area contributed by atoms with Crippen molar-refractivity contribution < 1.29 is 32.3 Å². The maximum absolute atomic E-state index is 13.1. The van der Waals surface area contributed by atoms with E-state index >= 15 is 0 Å². The highest BCUT2D eigenvalue weighted by atomic mass is 32.1. The number of benzene rings is 2. The molecule has 1 aliphatic carbocycles. The summed E-state index contributed by atoms with van der Waals surface area (Å²) in [7, 11) is 0. The van der Waals surface area contributed by atoms with Crippen LogP contribution in [-0.2, 0) is 6.54 Å². The third-order valence-electron chi connectivity index (χ3n) is 7.75. The molecule has 4 aromatic rings.